The molecule has 186 valence electrons. The van der Waals surface area contributed by atoms with Crippen LogP contribution in [0, 0.1) is 30.5 Å². The number of esters is 1. The average molecular weight is 507 g/mol. The van der Waals surface area contributed by atoms with E-state index in [1.807, 2.05) is 31.4 Å². The van der Waals surface area contributed by atoms with Crippen LogP contribution >= 0.6 is 11.3 Å². The van der Waals surface area contributed by atoms with Gasteiger partial charge in [0.25, 0.3) is 0 Å². The average Bonchev–Trinajstić information content (AvgIpc) is 3.56. The molecule has 0 radical (unpaired) electrons. The highest BCUT2D eigenvalue weighted by atomic mass is 32.1. The number of carbonyl (C=O) groups is 1. The molecule has 0 spiro atoms. The topological polar surface area (TPSA) is 106 Å². The molecular formula is C26H27FN6O2S. The first-order chi connectivity index (χ1) is 17.5. The van der Waals surface area contributed by atoms with E-state index in [1.54, 1.807) is 12.4 Å². The molecule has 3 aliphatic rings. The molecule has 36 heavy (non-hydrogen) atoms. The number of H-pyrrole nitrogens is 1. The summed E-state index contributed by atoms with van der Waals surface area (Å²) >= 11 is 1.41. The quantitative estimate of drug-likeness (QED) is 0.339. The molecule has 3 saturated carbocycles. The maximum atomic E-state index is 16.0. The van der Waals surface area contributed by atoms with Crippen molar-refractivity contribution in [3.63, 3.8) is 0 Å². The Hall–Kier alpha value is -3.40. The van der Waals surface area contributed by atoms with Gasteiger partial charge in [0, 0.05) is 12.2 Å². The second-order valence-corrected chi connectivity index (χ2v) is 10.5. The third-order valence-electron chi connectivity index (χ3n) is 7.43. The number of halogens is 1. The minimum Gasteiger partial charge on any atom is -0.466 e. The van der Waals surface area contributed by atoms with Gasteiger partial charge in [-0.2, -0.15) is 0 Å². The van der Waals surface area contributed by atoms with Gasteiger partial charge in [-0.25, -0.2) is 24.3 Å². The first kappa shape index (κ1) is 23.0. The predicted molar refractivity (Wildman–Crippen MR) is 136 cm³/mol. The monoisotopic (exact) mass is 506 g/mol. The number of aryl methyl sites for hydroxylation is 1. The largest absolute Gasteiger partial charge is 0.466 e. The highest BCUT2D eigenvalue weighted by Crippen LogP contribution is 2.47. The Morgan fingerprint density at radius 1 is 1.22 bits per heavy atom. The van der Waals surface area contributed by atoms with E-state index in [-0.39, 0.29) is 41.3 Å². The van der Waals surface area contributed by atoms with Crippen molar-refractivity contribution in [3.05, 3.63) is 41.4 Å². The zero-order valence-corrected chi connectivity index (χ0v) is 20.9. The molecule has 0 amide bonds. The van der Waals surface area contributed by atoms with Gasteiger partial charge in [-0.05, 0) is 62.8 Å². The van der Waals surface area contributed by atoms with Gasteiger partial charge in [-0.1, -0.05) is 6.07 Å². The molecule has 0 unspecified atom stereocenters. The standard InChI is InChI=1S/C26H27FN6O2S/c1-3-35-26(34)18-14-6-8-15(9-7-14)20(18)31-24-19(27)22(17-5-4-10-36-17)32-23(33-24)16-12-29-25-21(16)30-13(2)11-28-25/h4-5,10-12,14-15,18,20H,3,6-9H2,1-2H3,(H,28,29)(H,31,32,33)/t14?,15?,18-,20-/m1/s1. The molecule has 4 aromatic rings. The van der Waals surface area contributed by atoms with E-state index in [2.05, 4.69) is 30.2 Å². The Morgan fingerprint density at radius 3 is 2.78 bits per heavy atom. The van der Waals surface area contributed by atoms with Crippen molar-refractivity contribution in [2.45, 2.75) is 45.6 Å². The van der Waals surface area contributed by atoms with E-state index in [0.29, 0.717) is 34.0 Å². The number of aromatic nitrogens is 5. The van der Waals surface area contributed by atoms with Gasteiger partial charge in [0.05, 0.1) is 34.9 Å². The third kappa shape index (κ3) is 3.93. The minimum atomic E-state index is -0.521. The van der Waals surface area contributed by atoms with Crippen LogP contribution in [0.4, 0.5) is 10.2 Å². The molecule has 0 aliphatic heterocycles. The van der Waals surface area contributed by atoms with Crippen molar-refractivity contribution in [2.24, 2.45) is 17.8 Å². The van der Waals surface area contributed by atoms with Crippen molar-refractivity contribution in [1.29, 1.82) is 0 Å². The molecule has 3 fully saturated rings. The molecule has 8 nitrogen and oxygen atoms in total. The van der Waals surface area contributed by atoms with Crippen molar-refractivity contribution >= 4 is 34.3 Å². The molecule has 10 heteroatoms. The van der Waals surface area contributed by atoms with E-state index in [0.717, 1.165) is 31.4 Å². The number of thiophene rings is 1. The Balaban J connectivity index is 1.46. The van der Waals surface area contributed by atoms with Crippen LogP contribution in [0.1, 0.15) is 38.3 Å². The number of ether oxygens (including phenoxy) is 1. The first-order valence-corrected chi connectivity index (χ1v) is 13.3. The molecule has 0 saturated heterocycles. The molecule has 2 N–H and O–H groups in total. The summed E-state index contributed by atoms with van der Waals surface area (Å²) in [4.78, 5) is 35.1. The number of hydrogen-bond donors (Lipinski definition) is 2. The Labute approximate surface area is 211 Å². The number of nitrogens with zero attached hydrogens (tertiary/aromatic N) is 4. The maximum Gasteiger partial charge on any atom is 0.311 e. The molecule has 2 bridgehead atoms. The zero-order valence-electron chi connectivity index (χ0n) is 20.1. The second-order valence-electron chi connectivity index (χ2n) is 9.57. The number of aromatic amines is 1. The van der Waals surface area contributed by atoms with Gasteiger partial charge in [0.2, 0.25) is 0 Å². The van der Waals surface area contributed by atoms with Gasteiger partial charge < -0.3 is 15.0 Å². The number of hydrogen-bond acceptors (Lipinski definition) is 8. The molecule has 4 heterocycles. The van der Waals surface area contributed by atoms with Crippen LogP contribution in [-0.2, 0) is 9.53 Å². The van der Waals surface area contributed by atoms with Crippen molar-refractivity contribution in [3.8, 4) is 22.0 Å². The van der Waals surface area contributed by atoms with Crippen LogP contribution in [0.25, 0.3) is 33.1 Å². The molecule has 4 aromatic heterocycles. The number of carbonyl (C=O) groups excluding carboxylic acids is 1. The lowest BCUT2D eigenvalue weighted by atomic mass is 9.61. The number of anilines is 1. The number of fused-ring (bicyclic) bond motifs is 4. The molecule has 3 aliphatic carbocycles. The van der Waals surface area contributed by atoms with Gasteiger partial charge in [-0.3, -0.25) is 4.79 Å². The lowest BCUT2D eigenvalue weighted by molar-refractivity contribution is -0.154. The fraction of sp³-hybridized carbons (Fsp3) is 0.423. The van der Waals surface area contributed by atoms with E-state index in [9.17, 15) is 4.79 Å². The summed E-state index contributed by atoms with van der Waals surface area (Å²) in [6.45, 7) is 4.01. The van der Waals surface area contributed by atoms with Crippen LogP contribution in [0.2, 0.25) is 0 Å². The second kappa shape index (κ2) is 9.24. The summed E-state index contributed by atoms with van der Waals surface area (Å²) in [5.74, 6) is -0.102. The lowest BCUT2D eigenvalue weighted by Crippen LogP contribution is -2.52. The Bertz CT molecular complexity index is 1410. The highest BCUT2D eigenvalue weighted by Gasteiger charge is 2.48. The van der Waals surface area contributed by atoms with Gasteiger partial charge in [-0.15, -0.1) is 11.3 Å². The fourth-order valence-corrected chi connectivity index (χ4v) is 6.49. The summed E-state index contributed by atoms with van der Waals surface area (Å²) < 4.78 is 21.4. The lowest BCUT2D eigenvalue weighted by Gasteiger charge is -2.47. The summed E-state index contributed by atoms with van der Waals surface area (Å²) in [6.07, 6.45) is 7.45. The van der Waals surface area contributed by atoms with E-state index in [1.165, 1.54) is 11.3 Å². The summed E-state index contributed by atoms with van der Waals surface area (Å²) in [5, 5.41) is 5.26. The normalized spacial score (nSPS) is 23.2. The highest BCUT2D eigenvalue weighted by molar-refractivity contribution is 7.13. The Kier molecular flexibility index (Phi) is 5.91. The van der Waals surface area contributed by atoms with E-state index in [4.69, 9.17) is 4.74 Å². The van der Waals surface area contributed by atoms with Gasteiger partial charge in [0.15, 0.2) is 23.1 Å². The Morgan fingerprint density at radius 2 is 2.03 bits per heavy atom. The van der Waals surface area contributed by atoms with Crippen molar-refractivity contribution in [2.75, 3.05) is 11.9 Å². The summed E-state index contributed by atoms with van der Waals surface area (Å²) in [6, 6.07) is 3.47. The fourth-order valence-electron chi connectivity index (χ4n) is 5.78. The predicted octanol–water partition coefficient (Wildman–Crippen LogP) is 5.37. The number of rotatable bonds is 6. The van der Waals surface area contributed by atoms with Crippen LogP contribution in [0.3, 0.4) is 0 Å². The van der Waals surface area contributed by atoms with Gasteiger partial charge >= 0.3 is 5.97 Å². The van der Waals surface area contributed by atoms with Crippen molar-refractivity contribution < 1.29 is 13.9 Å². The molecule has 0 aromatic carbocycles. The summed E-state index contributed by atoms with van der Waals surface area (Å²) in [7, 11) is 0. The maximum absolute atomic E-state index is 16.0. The summed E-state index contributed by atoms with van der Waals surface area (Å²) in [5.41, 5.74) is 2.88. The SMILES string of the molecule is CCOC(=O)[C@@H]1C2CCC(CC2)[C@H]1Nc1nc(-c2c[nH]c3ncc(C)nc23)nc(-c2cccs2)c1F. The molecule has 2 atom stereocenters. The van der Waals surface area contributed by atoms with E-state index < -0.39 is 5.82 Å². The zero-order chi connectivity index (χ0) is 24.8. The van der Waals surface area contributed by atoms with Crippen LogP contribution in [0.5, 0.6) is 0 Å². The van der Waals surface area contributed by atoms with Crippen LogP contribution in [-0.4, -0.2) is 43.5 Å². The molecular weight excluding hydrogens is 479 g/mol. The van der Waals surface area contributed by atoms with Crippen molar-refractivity contribution in [1.82, 2.24) is 24.9 Å². The van der Waals surface area contributed by atoms with E-state index >= 15 is 4.39 Å². The third-order valence-corrected chi connectivity index (χ3v) is 8.31. The van der Waals surface area contributed by atoms with Gasteiger partial charge in [0.1, 0.15) is 11.2 Å². The minimum absolute atomic E-state index is 0.102. The van der Waals surface area contributed by atoms with Crippen LogP contribution in [0.15, 0.2) is 29.9 Å². The smallest absolute Gasteiger partial charge is 0.311 e. The number of nitrogens with one attached hydrogen (secondary N) is 2. The first-order valence-electron chi connectivity index (χ1n) is 12.4. The molecule has 7 rings (SSSR count). The van der Waals surface area contributed by atoms with Crippen LogP contribution < -0.4 is 5.32 Å².